The van der Waals surface area contributed by atoms with Gasteiger partial charge in [-0.1, -0.05) is 6.92 Å². The zero-order valence-electron chi connectivity index (χ0n) is 5.80. The molecule has 0 aliphatic rings. The minimum absolute atomic E-state index is 0.00326. The van der Waals surface area contributed by atoms with Crippen molar-refractivity contribution < 1.29 is 16.9 Å². The maximum Gasteiger partial charge on any atom is 0.455 e. The van der Waals surface area contributed by atoms with Gasteiger partial charge in [-0.05, 0) is 12.0 Å². The fraction of sp³-hybridized carbons (Fsp3) is 1.00. The van der Waals surface area contributed by atoms with E-state index in [1.807, 2.05) is 0 Å². The number of azide groups is 1. The molecule has 0 aromatic carbocycles. The maximum atomic E-state index is 10.4. The predicted molar refractivity (Wildman–Crippen MR) is 35.4 cm³/mol. The highest BCUT2D eigenvalue weighted by Crippen LogP contribution is 1.97. The Morgan fingerprint density at radius 2 is 2.27 bits per heavy atom. The number of hydrogen-bond acceptors (Lipinski definition) is 5. The normalized spacial score (nSPS) is 10.3. The summed E-state index contributed by atoms with van der Waals surface area (Å²) in [5.74, 6) is 0. The molecular formula is C3H7N3O4S. The Morgan fingerprint density at radius 1 is 1.64 bits per heavy atom. The van der Waals surface area contributed by atoms with Crippen molar-refractivity contribution >= 4 is 10.4 Å². The van der Waals surface area contributed by atoms with Gasteiger partial charge < -0.3 is 0 Å². The summed E-state index contributed by atoms with van der Waals surface area (Å²) in [6, 6.07) is 0. The van der Waals surface area contributed by atoms with Crippen LogP contribution in [0.2, 0.25) is 0 Å². The largest absolute Gasteiger partial charge is 0.455 e. The molecule has 0 atom stereocenters. The van der Waals surface area contributed by atoms with Crippen molar-refractivity contribution in [2.24, 2.45) is 5.28 Å². The van der Waals surface area contributed by atoms with Crippen LogP contribution in [-0.2, 0) is 18.9 Å². The Kier molecular flexibility index (Phi) is 4.35. The van der Waals surface area contributed by atoms with E-state index in [0.717, 1.165) is 0 Å². The van der Waals surface area contributed by atoms with Gasteiger partial charge in [0.05, 0.1) is 6.61 Å². The summed E-state index contributed by atoms with van der Waals surface area (Å²) in [6.45, 7) is 1.73. The summed E-state index contributed by atoms with van der Waals surface area (Å²) >= 11 is 0. The van der Waals surface area contributed by atoms with E-state index in [0.29, 0.717) is 6.42 Å². The van der Waals surface area contributed by atoms with Gasteiger partial charge in [-0.3, -0.25) is 4.28 Å². The van der Waals surface area contributed by atoms with Crippen molar-refractivity contribution in [2.45, 2.75) is 13.3 Å². The van der Waals surface area contributed by atoms with Crippen LogP contribution >= 0.6 is 0 Å². The summed E-state index contributed by atoms with van der Waals surface area (Å²) in [7, 11) is -4.13. The van der Waals surface area contributed by atoms with Gasteiger partial charge in [0.25, 0.3) is 0 Å². The summed E-state index contributed by atoms with van der Waals surface area (Å²) < 4.78 is 28.7. The molecule has 0 aliphatic heterocycles. The Bertz CT molecular complexity index is 241. The molecule has 0 amide bonds. The molecule has 0 aromatic heterocycles. The molecule has 0 spiro atoms. The monoisotopic (exact) mass is 181 g/mol. The average molecular weight is 181 g/mol. The highest BCUT2D eigenvalue weighted by molar-refractivity contribution is 7.81. The second-order valence-electron chi connectivity index (χ2n) is 1.48. The smallest absolute Gasteiger partial charge is 0.289 e. The molecule has 7 nitrogen and oxygen atoms in total. The molecule has 0 aliphatic carbocycles. The molecule has 0 aromatic rings. The van der Waals surface area contributed by atoms with E-state index in [4.69, 9.17) is 5.53 Å². The first-order chi connectivity index (χ1) is 5.12. The molecule has 0 bridgehead atoms. The van der Waals surface area contributed by atoms with Crippen LogP contribution in [0, 0.1) is 0 Å². The van der Waals surface area contributed by atoms with Crippen LogP contribution < -0.4 is 0 Å². The van der Waals surface area contributed by atoms with Gasteiger partial charge >= 0.3 is 10.4 Å². The Hall–Kier alpha value is -0.980. The van der Waals surface area contributed by atoms with Crippen LogP contribution in [0.4, 0.5) is 0 Å². The van der Waals surface area contributed by atoms with Crippen LogP contribution in [0.3, 0.4) is 0 Å². The zero-order valence-corrected chi connectivity index (χ0v) is 6.61. The second-order valence-corrected chi connectivity index (χ2v) is 2.68. The topological polar surface area (TPSA) is 101 Å². The summed E-state index contributed by atoms with van der Waals surface area (Å²) in [5, 5.41) is 2.36. The van der Waals surface area contributed by atoms with Crippen LogP contribution in [0.5, 0.6) is 0 Å². The van der Waals surface area contributed by atoms with E-state index in [1.54, 1.807) is 6.92 Å². The lowest BCUT2D eigenvalue weighted by atomic mass is 10.5. The number of rotatable bonds is 5. The van der Waals surface area contributed by atoms with Gasteiger partial charge in [-0.2, -0.15) is 8.42 Å². The molecule has 8 heteroatoms. The molecule has 0 rings (SSSR count). The average Bonchev–Trinajstić information content (AvgIpc) is 1.97. The lowest BCUT2D eigenvalue weighted by molar-refractivity contribution is 0.218. The van der Waals surface area contributed by atoms with Crippen molar-refractivity contribution in [3.05, 3.63) is 10.4 Å². The van der Waals surface area contributed by atoms with Gasteiger partial charge in [0.15, 0.2) is 0 Å². The molecule has 0 N–H and O–H groups in total. The molecule has 64 valence electrons. The molecular weight excluding hydrogens is 174 g/mol. The third-order valence-electron chi connectivity index (χ3n) is 0.593. The molecule has 0 unspecified atom stereocenters. The molecule has 0 saturated carbocycles. The van der Waals surface area contributed by atoms with Crippen molar-refractivity contribution in [1.82, 2.24) is 0 Å². The highest BCUT2D eigenvalue weighted by Gasteiger charge is 2.09. The van der Waals surface area contributed by atoms with Crippen LogP contribution in [0.25, 0.3) is 10.4 Å². The molecule has 0 fully saturated rings. The standard InChI is InChI=1S/C3H7N3O4S/c1-2-3-9-11(7,8)10-6-5-4/h2-3H2,1H3. The van der Waals surface area contributed by atoms with Gasteiger partial charge in [0, 0.05) is 4.91 Å². The van der Waals surface area contributed by atoms with Gasteiger partial charge in [-0.25, -0.2) is 4.18 Å². The first kappa shape index (κ1) is 10.0. The van der Waals surface area contributed by atoms with E-state index in [9.17, 15) is 8.42 Å². The van der Waals surface area contributed by atoms with E-state index < -0.39 is 10.4 Å². The molecule has 0 saturated heterocycles. The third-order valence-corrected chi connectivity index (χ3v) is 1.30. The first-order valence-corrected chi connectivity index (χ1v) is 4.08. The maximum absolute atomic E-state index is 10.4. The number of nitrogens with zero attached hydrogens (tertiary/aromatic N) is 3. The minimum atomic E-state index is -4.13. The quantitative estimate of drug-likeness (QED) is 0.272. The van der Waals surface area contributed by atoms with E-state index >= 15 is 0 Å². The van der Waals surface area contributed by atoms with Crippen LogP contribution in [0.1, 0.15) is 13.3 Å². The highest BCUT2D eigenvalue weighted by atomic mass is 32.3. The summed E-state index contributed by atoms with van der Waals surface area (Å²) in [6.07, 6.45) is 0.527. The Morgan fingerprint density at radius 3 is 2.73 bits per heavy atom. The Balaban J connectivity index is 3.91. The van der Waals surface area contributed by atoms with Crippen LogP contribution in [0.15, 0.2) is 5.28 Å². The van der Waals surface area contributed by atoms with Crippen molar-refractivity contribution in [1.29, 1.82) is 0 Å². The van der Waals surface area contributed by atoms with E-state index in [-0.39, 0.29) is 6.61 Å². The summed E-state index contributed by atoms with van der Waals surface area (Å²) in [4.78, 5) is 2.07. The lowest BCUT2D eigenvalue weighted by Crippen LogP contribution is -2.06. The summed E-state index contributed by atoms with van der Waals surface area (Å²) in [5.41, 5.74) is 7.67. The second kappa shape index (κ2) is 4.78. The molecule has 11 heavy (non-hydrogen) atoms. The lowest BCUT2D eigenvalue weighted by Gasteiger charge is -1.98. The fourth-order valence-corrected chi connectivity index (χ4v) is 0.788. The Labute approximate surface area is 63.8 Å². The van der Waals surface area contributed by atoms with Gasteiger partial charge in [0.1, 0.15) is 5.28 Å². The van der Waals surface area contributed by atoms with Crippen LogP contribution in [-0.4, -0.2) is 15.0 Å². The third kappa shape index (κ3) is 5.46. The fourth-order valence-electron chi connectivity index (χ4n) is 0.263. The number of hydrogen-bond donors (Lipinski definition) is 0. The molecule has 0 radical (unpaired) electrons. The van der Waals surface area contributed by atoms with Crippen molar-refractivity contribution in [2.75, 3.05) is 6.61 Å². The van der Waals surface area contributed by atoms with E-state index in [2.05, 4.69) is 18.7 Å². The minimum Gasteiger partial charge on any atom is -0.289 e. The van der Waals surface area contributed by atoms with Crippen molar-refractivity contribution in [3.63, 3.8) is 0 Å². The van der Waals surface area contributed by atoms with Gasteiger partial charge in [0.2, 0.25) is 0 Å². The zero-order chi connectivity index (χ0) is 8.74. The first-order valence-electron chi connectivity index (χ1n) is 2.75. The van der Waals surface area contributed by atoms with Gasteiger partial charge in [-0.15, -0.1) is 0 Å². The SMILES string of the molecule is CCCOS(=O)(=O)ON=[N+]=[N-]. The molecule has 0 heterocycles. The van der Waals surface area contributed by atoms with E-state index in [1.165, 1.54) is 0 Å². The predicted octanol–water partition coefficient (Wildman–Crippen LogP) is 0.900. The van der Waals surface area contributed by atoms with Crippen molar-refractivity contribution in [3.8, 4) is 0 Å².